The normalized spacial score (nSPS) is 14.2. The Morgan fingerprint density at radius 1 is 1.58 bits per heavy atom. The van der Waals surface area contributed by atoms with Crippen molar-refractivity contribution < 1.29 is 0 Å². The largest absolute Gasteiger partial charge is 0.383 e. The number of hydrogen-bond acceptors (Lipinski definition) is 2. The van der Waals surface area contributed by atoms with Gasteiger partial charge in [-0.2, -0.15) is 0 Å². The van der Waals surface area contributed by atoms with Gasteiger partial charge in [-0.15, -0.1) is 0 Å². The predicted octanol–water partition coefficient (Wildman–Crippen LogP) is 2.01. The van der Waals surface area contributed by atoms with E-state index in [9.17, 15) is 0 Å². The average molecular weight is 160 g/mol. The summed E-state index contributed by atoms with van der Waals surface area (Å²) in [6, 6.07) is 2.05. The highest BCUT2D eigenvalue weighted by molar-refractivity contribution is 5.71. The highest BCUT2D eigenvalue weighted by Crippen LogP contribution is 2.28. The third-order valence-electron chi connectivity index (χ3n) is 2.33. The van der Waals surface area contributed by atoms with Crippen LogP contribution in [0.5, 0.6) is 0 Å². The molecule has 0 unspecified atom stereocenters. The smallest absolute Gasteiger partial charge is 0.130 e. The number of pyridine rings is 1. The minimum atomic E-state index is 0.663. The first kappa shape index (κ1) is 7.35. The van der Waals surface area contributed by atoms with E-state index in [2.05, 4.69) is 18.0 Å². The molecule has 1 aromatic heterocycles. The van der Waals surface area contributed by atoms with Gasteiger partial charge in [-0.1, -0.05) is 18.6 Å². The molecule has 0 atom stereocenters. The first-order chi connectivity index (χ1) is 5.81. The van der Waals surface area contributed by atoms with Gasteiger partial charge in [0.05, 0.1) is 0 Å². The molecule has 1 heterocycles. The first-order valence-corrected chi connectivity index (χ1v) is 4.24. The van der Waals surface area contributed by atoms with Crippen molar-refractivity contribution >= 4 is 11.9 Å². The molecule has 0 saturated heterocycles. The van der Waals surface area contributed by atoms with E-state index >= 15 is 0 Å². The summed E-state index contributed by atoms with van der Waals surface area (Å²) < 4.78 is 0. The summed E-state index contributed by atoms with van der Waals surface area (Å²) in [7, 11) is 0. The molecule has 1 aliphatic rings. The zero-order valence-electron chi connectivity index (χ0n) is 7.17. The Balaban J connectivity index is 2.48. The Bertz CT molecular complexity index is 340. The summed E-state index contributed by atoms with van der Waals surface area (Å²) in [6.07, 6.45) is 6.10. The van der Waals surface area contributed by atoms with E-state index in [1.165, 1.54) is 11.1 Å². The van der Waals surface area contributed by atoms with Crippen LogP contribution in [-0.2, 0) is 6.42 Å². The minimum absolute atomic E-state index is 0.663. The maximum Gasteiger partial charge on any atom is 0.130 e. The third-order valence-corrected chi connectivity index (χ3v) is 2.33. The van der Waals surface area contributed by atoms with E-state index in [1.807, 2.05) is 6.07 Å². The fourth-order valence-corrected chi connectivity index (χ4v) is 1.58. The second kappa shape index (κ2) is 2.63. The highest BCUT2D eigenvalue weighted by Gasteiger charge is 2.13. The van der Waals surface area contributed by atoms with Gasteiger partial charge in [0.25, 0.3) is 0 Å². The number of rotatable bonds is 1. The van der Waals surface area contributed by atoms with Crippen molar-refractivity contribution in [3.05, 3.63) is 29.0 Å². The topological polar surface area (TPSA) is 38.9 Å². The van der Waals surface area contributed by atoms with Gasteiger partial charge < -0.3 is 5.73 Å². The lowest BCUT2D eigenvalue weighted by Crippen LogP contribution is -1.94. The molecule has 2 rings (SSSR count). The van der Waals surface area contributed by atoms with E-state index in [-0.39, 0.29) is 0 Å². The molecule has 12 heavy (non-hydrogen) atoms. The molecule has 2 N–H and O–H groups in total. The molecule has 0 aromatic carbocycles. The van der Waals surface area contributed by atoms with Crippen LogP contribution >= 0.6 is 0 Å². The quantitative estimate of drug-likeness (QED) is 0.682. The van der Waals surface area contributed by atoms with Crippen LogP contribution in [0.3, 0.4) is 0 Å². The van der Waals surface area contributed by atoms with Crippen molar-refractivity contribution in [3.8, 4) is 0 Å². The molecular formula is C10H12N2. The second-order valence-corrected chi connectivity index (χ2v) is 3.10. The van der Waals surface area contributed by atoms with E-state index in [1.54, 1.807) is 6.20 Å². The molecule has 1 aliphatic carbocycles. The van der Waals surface area contributed by atoms with Gasteiger partial charge >= 0.3 is 0 Å². The third kappa shape index (κ3) is 0.998. The number of nitrogen functional groups attached to an aromatic ring is 1. The molecule has 0 radical (unpaired) electrons. The van der Waals surface area contributed by atoms with E-state index in [4.69, 9.17) is 5.73 Å². The Morgan fingerprint density at radius 3 is 3.08 bits per heavy atom. The number of hydrogen-bond donors (Lipinski definition) is 1. The lowest BCUT2D eigenvalue weighted by molar-refractivity contribution is 1.04. The van der Waals surface area contributed by atoms with Crippen LogP contribution in [0, 0.1) is 0 Å². The second-order valence-electron chi connectivity index (χ2n) is 3.10. The Morgan fingerprint density at radius 2 is 2.42 bits per heavy atom. The SMILES string of the molecule is CCC1=Cc2c(ccnc2N)C1. The molecule has 0 fully saturated rings. The van der Waals surface area contributed by atoms with Crippen molar-refractivity contribution in [2.45, 2.75) is 19.8 Å². The van der Waals surface area contributed by atoms with Gasteiger partial charge in [-0.05, 0) is 24.5 Å². The number of aromatic nitrogens is 1. The Hall–Kier alpha value is -1.31. The lowest BCUT2D eigenvalue weighted by Gasteiger charge is -1.99. The van der Waals surface area contributed by atoms with Crippen molar-refractivity contribution in [3.63, 3.8) is 0 Å². The summed E-state index contributed by atoms with van der Waals surface area (Å²) in [5, 5.41) is 0. The standard InChI is InChI=1S/C10H12N2/c1-2-7-5-8-3-4-12-10(11)9(8)6-7/h3-4,6H,2,5H2,1H3,(H2,11,12). The summed E-state index contributed by atoms with van der Waals surface area (Å²) in [5.41, 5.74) is 9.63. The molecule has 0 bridgehead atoms. The van der Waals surface area contributed by atoms with E-state index in [0.717, 1.165) is 18.4 Å². The average Bonchev–Trinajstić information content (AvgIpc) is 2.49. The Kier molecular flexibility index (Phi) is 1.61. The summed E-state index contributed by atoms with van der Waals surface area (Å²) in [5.74, 6) is 0.663. The van der Waals surface area contributed by atoms with Crippen LogP contribution in [0.25, 0.3) is 6.08 Å². The highest BCUT2D eigenvalue weighted by atomic mass is 14.8. The fraction of sp³-hybridized carbons (Fsp3) is 0.300. The van der Waals surface area contributed by atoms with Crippen molar-refractivity contribution in [2.24, 2.45) is 0 Å². The Labute approximate surface area is 72.1 Å². The molecule has 2 nitrogen and oxygen atoms in total. The molecule has 0 amide bonds. The van der Waals surface area contributed by atoms with Crippen LogP contribution in [0.2, 0.25) is 0 Å². The molecule has 0 spiro atoms. The molecule has 62 valence electrons. The van der Waals surface area contributed by atoms with Crippen LogP contribution < -0.4 is 5.73 Å². The van der Waals surface area contributed by atoms with Crippen LogP contribution in [0.1, 0.15) is 24.5 Å². The number of fused-ring (bicyclic) bond motifs is 1. The number of nitrogens with two attached hydrogens (primary N) is 1. The van der Waals surface area contributed by atoms with E-state index in [0.29, 0.717) is 5.82 Å². The lowest BCUT2D eigenvalue weighted by atomic mass is 10.1. The van der Waals surface area contributed by atoms with Gasteiger partial charge in [0, 0.05) is 11.8 Å². The van der Waals surface area contributed by atoms with Crippen LogP contribution in [0.4, 0.5) is 5.82 Å². The zero-order chi connectivity index (χ0) is 8.55. The van der Waals surface area contributed by atoms with E-state index < -0.39 is 0 Å². The van der Waals surface area contributed by atoms with Crippen molar-refractivity contribution in [1.29, 1.82) is 0 Å². The summed E-state index contributed by atoms with van der Waals surface area (Å²) in [4.78, 5) is 4.05. The molecule has 0 saturated carbocycles. The molecule has 0 aliphatic heterocycles. The minimum Gasteiger partial charge on any atom is -0.383 e. The van der Waals surface area contributed by atoms with Gasteiger partial charge in [-0.3, -0.25) is 0 Å². The first-order valence-electron chi connectivity index (χ1n) is 4.24. The van der Waals surface area contributed by atoms with Crippen molar-refractivity contribution in [1.82, 2.24) is 4.98 Å². The number of nitrogens with zero attached hydrogens (tertiary/aromatic N) is 1. The maximum absolute atomic E-state index is 5.73. The summed E-state index contributed by atoms with van der Waals surface area (Å²) in [6.45, 7) is 2.17. The molecule has 2 heteroatoms. The van der Waals surface area contributed by atoms with Gasteiger partial charge in [0.1, 0.15) is 5.82 Å². The number of anilines is 1. The molecule has 1 aromatic rings. The maximum atomic E-state index is 5.73. The predicted molar refractivity (Wildman–Crippen MR) is 50.6 cm³/mol. The van der Waals surface area contributed by atoms with Gasteiger partial charge in [-0.25, -0.2) is 4.98 Å². The van der Waals surface area contributed by atoms with Crippen LogP contribution in [-0.4, -0.2) is 4.98 Å². The van der Waals surface area contributed by atoms with Crippen molar-refractivity contribution in [2.75, 3.05) is 5.73 Å². The van der Waals surface area contributed by atoms with Gasteiger partial charge in [0.2, 0.25) is 0 Å². The summed E-state index contributed by atoms with van der Waals surface area (Å²) >= 11 is 0. The fourth-order valence-electron chi connectivity index (χ4n) is 1.58. The monoisotopic (exact) mass is 160 g/mol. The zero-order valence-corrected chi connectivity index (χ0v) is 7.17. The van der Waals surface area contributed by atoms with Crippen LogP contribution in [0.15, 0.2) is 17.8 Å². The number of allylic oxidation sites excluding steroid dienone is 1. The molecular weight excluding hydrogens is 148 g/mol. The van der Waals surface area contributed by atoms with Gasteiger partial charge in [0.15, 0.2) is 0 Å².